The molecule has 1 fully saturated rings. The quantitative estimate of drug-likeness (QED) is 0.443. The van der Waals surface area contributed by atoms with Crippen molar-refractivity contribution >= 4 is 18.1 Å². The van der Waals surface area contributed by atoms with Crippen LogP contribution in [0.4, 0.5) is 4.39 Å². The van der Waals surface area contributed by atoms with Crippen molar-refractivity contribution in [2.24, 2.45) is 0 Å². The number of pyridine rings is 2. The zero-order valence-electron chi connectivity index (χ0n) is 19.7. The minimum Gasteiger partial charge on any atom is -0.469 e. The second-order valence-electron chi connectivity index (χ2n) is 8.60. The van der Waals surface area contributed by atoms with E-state index >= 15 is 0 Å². The van der Waals surface area contributed by atoms with Crippen molar-refractivity contribution in [1.29, 1.82) is 5.26 Å². The number of hydrogen-bond acceptors (Lipinski definition) is 7. The molecule has 1 aliphatic heterocycles. The van der Waals surface area contributed by atoms with Gasteiger partial charge in [0.15, 0.2) is 0 Å². The van der Waals surface area contributed by atoms with E-state index in [9.17, 15) is 9.65 Å². The third-order valence-electron chi connectivity index (χ3n) is 6.31. The molecular formula is C24H26ClFN8O. The molecule has 1 aliphatic rings. The summed E-state index contributed by atoms with van der Waals surface area (Å²) in [5.74, 6) is 0.0296. The highest BCUT2D eigenvalue weighted by Gasteiger charge is 2.23. The molecule has 0 saturated carbocycles. The lowest BCUT2D eigenvalue weighted by molar-refractivity contribution is 0.209. The van der Waals surface area contributed by atoms with Gasteiger partial charge in [-0.05, 0) is 64.4 Å². The Labute approximate surface area is 208 Å². The van der Waals surface area contributed by atoms with E-state index in [0.29, 0.717) is 34.5 Å². The molecule has 11 heteroatoms. The average Bonchev–Trinajstić information content (AvgIpc) is 3.42. The van der Waals surface area contributed by atoms with Crippen LogP contribution < -0.4 is 10.1 Å². The number of imidazole rings is 1. The Morgan fingerprint density at radius 3 is 2.66 bits per heavy atom. The Bertz CT molecular complexity index is 1400. The number of rotatable bonds is 5. The van der Waals surface area contributed by atoms with Gasteiger partial charge in [-0.15, -0.1) is 17.5 Å². The number of nitrogens with one attached hydrogen (secondary N) is 1. The van der Waals surface area contributed by atoms with Gasteiger partial charge in [0.25, 0.3) is 0 Å². The molecule has 0 aromatic carbocycles. The van der Waals surface area contributed by atoms with Gasteiger partial charge in [0.05, 0.1) is 29.8 Å². The fourth-order valence-corrected chi connectivity index (χ4v) is 4.60. The van der Waals surface area contributed by atoms with Crippen molar-refractivity contribution in [1.82, 2.24) is 34.7 Å². The lowest BCUT2D eigenvalue weighted by atomic mass is 10.1. The fourth-order valence-electron chi connectivity index (χ4n) is 4.60. The molecule has 5 heterocycles. The normalized spacial score (nSPS) is 14.9. The maximum atomic E-state index is 13.5. The van der Waals surface area contributed by atoms with Crippen LogP contribution in [-0.4, -0.2) is 42.5 Å². The fraction of sp³-hybridized carbons (Fsp3) is 0.375. The minimum absolute atomic E-state index is 0. The summed E-state index contributed by atoms with van der Waals surface area (Å²) in [6.45, 7) is 7.57. The van der Waals surface area contributed by atoms with Gasteiger partial charge < -0.3 is 10.1 Å². The molecule has 0 spiro atoms. The number of aryl methyl sites for hydroxylation is 1. The summed E-state index contributed by atoms with van der Waals surface area (Å²) in [7, 11) is 0. The predicted molar refractivity (Wildman–Crippen MR) is 130 cm³/mol. The highest BCUT2D eigenvalue weighted by Crippen LogP contribution is 2.32. The van der Waals surface area contributed by atoms with Crippen molar-refractivity contribution in [2.75, 3.05) is 13.1 Å². The molecular weight excluding hydrogens is 471 g/mol. The molecule has 1 N–H and O–H groups in total. The van der Waals surface area contributed by atoms with Crippen LogP contribution >= 0.6 is 12.4 Å². The van der Waals surface area contributed by atoms with Crippen LogP contribution in [0, 0.1) is 31.0 Å². The minimum atomic E-state index is -0.487. The zero-order valence-corrected chi connectivity index (χ0v) is 20.5. The number of ether oxygens (including phenoxy) is 1. The van der Waals surface area contributed by atoms with E-state index in [0.717, 1.165) is 42.9 Å². The van der Waals surface area contributed by atoms with Gasteiger partial charge >= 0.3 is 0 Å². The Hall–Kier alpha value is -3.55. The summed E-state index contributed by atoms with van der Waals surface area (Å²) >= 11 is 0. The molecule has 1 atom stereocenters. The average molecular weight is 497 g/mol. The zero-order chi connectivity index (χ0) is 23.8. The maximum absolute atomic E-state index is 13.5. The molecule has 4 aromatic rings. The Balaban J connectivity index is 0.00000289. The van der Waals surface area contributed by atoms with Gasteiger partial charge in [-0.2, -0.15) is 5.26 Å². The monoisotopic (exact) mass is 496 g/mol. The van der Waals surface area contributed by atoms with Crippen LogP contribution in [0.15, 0.2) is 30.6 Å². The topological polar surface area (TPSA) is 106 Å². The number of hydrogen-bond donors (Lipinski definition) is 1. The molecule has 4 aromatic heterocycles. The number of aromatic nitrogens is 6. The van der Waals surface area contributed by atoms with Crippen LogP contribution in [0.5, 0.6) is 5.88 Å². The lowest BCUT2D eigenvalue weighted by Gasteiger charge is -2.23. The Kier molecular flexibility index (Phi) is 7.00. The van der Waals surface area contributed by atoms with Crippen LogP contribution in [0.25, 0.3) is 16.9 Å². The first-order chi connectivity index (χ1) is 16.5. The molecule has 1 saturated heterocycles. The Morgan fingerprint density at radius 1 is 1.17 bits per heavy atom. The molecule has 9 nitrogen and oxygen atoms in total. The number of nitrogens with zero attached hydrogens (tertiary/aromatic N) is 7. The van der Waals surface area contributed by atoms with Gasteiger partial charge in [-0.1, -0.05) is 5.21 Å². The van der Waals surface area contributed by atoms with Gasteiger partial charge in [0, 0.05) is 11.6 Å². The number of halogens is 2. The lowest BCUT2D eigenvalue weighted by Crippen LogP contribution is -2.30. The molecule has 0 radical (unpaired) electrons. The number of nitriles is 1. The smallest absolute Gasteiger partial charge is 0.201 e. The van der Waals surface area contributed by atoms with E-state index in [1.54, 1.807) is 11.3 Å². The molecule has 182 valence electrons. The predicted octanol–water partition coefficient (Wildman–Crippen LogP) is 4.10. The molecule has 0 bridgehead atoms. The molecule has 0 aliphatic carbocycles. The second-order valence-corrected chi connectivity index (χ2v) is 8.60. The van der Waals surface area contributed by atoms with Crippen molar-refractivity contribution in [3.05, 3.63) is 59.1 Å². The van der Waals surface area contributed by atoms with E-state index in [2.05, 4.69) is 31.7 Å². The summed E-state index contributed by atoms with van der Waals surface area (Å²) in [4.78, 5) is 8.62. The molecule has 35 heavy (non-hydrogen) atoms. The van der Waals surface area contributed by atoms with E-state index < -0.39 is 11.9 Å². The summed E-state index contributed by atoms with van der Waals surface area (Å²) in [6, 6.07) is 7.61. The van der Waals surface area contributed by atoms with Gasteiger partial charge in [-0.3, -0.25) is 9.38 Å². The van der Waals surface area contributed by atoms with Crippen molar-refractivity contribution in [3.63, 3.8) is 0 Å². The van der Waals surface area contributed by atoms with Crippen molar-refractivity contribution in [3.8, 4) is 23.2 Å². The number of piperidine rings is 1. The van der Waals surface area contributed by atoms with Gasteiger partial charge in [-0.25, -0.2) is 14.1 Å². The summed E-state index contributed by atoms with van der Waals surface area (Å²) in [5, 5.41) is 21.9. The first kappa shape index (κ1) is 24.6. The van der Waals surface area contributed by atoms with E-state index in [4.69, 9.17) is 4.74 Å². The van der Waals surface area contributed by atoms with Crippen molar-refractivity contribution in [2.45, 2.75) is 45.8 Å². The molecule has 0 unspecified atom stereocenters. The van der Waals surface area contributed by atoms with E-state index in [1.165, 1.54) is 18.5 Å². The Morgan fingerprint density at radius 2 is 1.94 bits per heavy atom. The maximum Gasteiger partial charge on any atom is 0.201 e. The van der Waals surface area contributed by atoms with Crippen molar-refractivity contribution < 1.29 is 9.13 Å². The van der Waals surface area contributed by atoms with Gasteiger partial charge in [0.2, 0.25) is 5.88 Å². The highest BCUT2D eigenvalue weighted by molar-refractivity contribution is 5.85. The first-order valence-electron chi connectivity index (χ1n) is 11.3. The number of fused-ring (bicyclic) bond motifs is 1. The summed E-state index contributed by atoms with van der Waals surface area (Å²) in [5.41, 5.74) is 4.73. The summed E-state index contributed by atoms with van der Waals surface area (Å²) in [6.07, 6.45) is 4.21. The highest BCUT2D eigenvalue weighted by atomic mass is 35.5. The van der Waals surface area contributed by atoms with E-state index in [1.807, 2.05) is 30.7 Å². The third-order valence-corrected chi connectivity index (χ3v) is 6.31. The molecule has 0 amide bonds. The standard InChI is InChI=1S/C24H25FN8O.ClH/c1-14-8-18(25)12-29-23(14)16(3)34-22-10-17(9-21-28-13-20(11-26)32(21)22)24-15(2)33(31-30-24)19-4-6-27-7-5-19;/h8-10,12-13,16,19,27H,4-7H2,1-3H3;1H/t16-;/m1./s1. The van der Waals surface area contributed by atoms with Crippen LogP contribution in [0.3, 0.4) is 0 Å². The summed E-state index contributed by atoms with van der Waals surface area (Å²) < 4.78 is 23.5. The SMILES string of the molecule is Cc1cc(F)cnc1[C@@H](C)Oc1cc(-c2nnn(C3CCNCC3)c2C)cc2ncc(C#N)n12.Cl. The van der Waals surface area contributed by atoms with E-state index in [-0.39, 0.29) is 12.4 Å². The third kappa shape index (κ3) is 4.57. The van der Waals surface area contributed by atoms with Gasteiger partial charge in [0.1, 0.15) is 35.0 Å². The van der Waals surface area contributed by atoms with Crippen LogP contribution in [0.1, 0.15) is 54.6 Å². The molecule has 5 rings (SSSR count). The van der Waals surface area contributed by atoms with Crippen LogP contribution in [-0.2, 0) is 0 Å². The van der Waals surface area contributed by atoms with Crippen LogP contribution in [0.2, 0.25) is 0 Å². The largest absolute Gasteiger partial charge is 0.469 e. The first-order valence-corrected chi connectivity index (χ1v) is 11.3. The second kappa shape index (κ2) is 9.98.